The van der Waals surface area contributed by atoms with Crippen molar-refractivity contribution in [2.45, 2.75) is 27.7 Å². The summed E-state index contributed by atoms with van der Waals surface area (Å²) in [7, 11) is 1.84. The molecule has 0 spiro atoms. The molecule has 18 heavy (non-hydrogen) atoms. The Kier molecular flexibility index (Phi) is 9.60. The molecule has 0 radical (unpaired) electrons. The molecular formula is C14H28N2O2. The number of carbonyl (C=O) groups excluding carboxylic acids is 1. The summed E-state index contributed by atoms with van der Waals surface area (Å²) in [5, 5.41) is 0. The highest BCUT2D eigenvalue weighted by atomic mass is 16.5. The maximum atomic E-state index is 12.0. The zero-order chi connectivity index (χ0) is 14.0. The van der Waals surface area contributed by atoms with E-state index in [0.717, 1.165) is 45.0 Å². The zero-order valence-corrected chi connectivity index (χ0v) is 12.5. The van der Waals surface area contributed by atoms with Crippen LogP contribution in [-0.4, -0.2) is 62.1 Å². The van der Waals surface area contributed by atoms with Gasteiger partial charge in [0.15, 0.2) is 0 Å². The largest absolute Gasteiger partial charge is 0.379 e. The van der Waals surface area contributed by atoms with Crippen molar-refractivity contribution in [2.75, 3.05) is 46.4 Å². The van der Waals surface area contributed by atoms with Crippen LogP contribution in [0.3, 0.4) is 0 Å². The molecule has 0 unspecified atom stereocenters. The average Bonchev–Trinajstić information content (AvgIpc) is 2.46. The van der Waals surface area contributed by atoms with Gasteiger partial charge in [0.2, 0.25) is 5.91 Å². The Bertz CT molecular complexity index is 259. The molecule has 0 aromatic carbocycles. The summed E-state index contributed by atoms with van der Waals surface area (Å²) >= 11 is 0. The van der Waals surface area contributed by atoms with Crippen LogP contribution in [0.2, 0.25) is 0 Å². The van der Waals surface area contributed by atoms with E-state index in [4.69, 9.17) is 4.74 Å². The Hall–Kier alpha value is -0.870. The third-order valence-electron chi connectivity index (χ3n) is 2.94. The standard InChI is InChI=1S/C12H22N2O2.C2H6/c1-4-11(12(15)13(3)5-2)10-14-6-8-16-9-7-14;1-2/h4H,5-10H2,1-3H3;1-2H3/b11-4+;. The SMILES string of the molecule is C/C=C(\CN1CCOCC1)C(=O)N(C)CC.CC. The van der Waals surface area contributed by atoms with Crippen LogP contribution in [0.15, 0.2) is 11.6 Å². The Morgan fingerprint density at radius 2 is 1.89 bits per heavy atom. The van der Waals surface area contributed by atoms with E-state index >= 15 is 0 Å². The van der Waals surface area contributed by atoms with Gasteiger partial charge in [0.05, 0.1) is 13.2 Å². The minimum atomic E-state index is 0.136. The topological polar surface area (TPSA) is 32.8 Å². The molecule has 0 atom stereocenters. The van der Waals surface area contributed by atoms with Crippen LogP contribution in [-0.2, 0) is 9.53 Å². The van der Waals surface area contributed by atoms with Crippen LogP contribution in [0, 0.1) is 0 Å². The number of amides is 1. The highest BCUT2D eigenvalue weighted by Gasteiger charge is 2.17. The lowest BCUT2D eigenvalue weighted by molar-refractivity contribution is -0.126. The monoisotopic (exact) mass is 256 g/mol. The molecule has 0 aromatic heterocycles. The normalized spacial score (nSPS) is 16.8. The van der Waals surface area contributed by atoms with Crippen molar-refractivity contribution in [3.05, 3.63) is 11.6 Å². The molecule has 1 rings (SSSR count). The van der Waals surface area contributed by atoms with E-state index in [2.05, 4.69) is 4.90 Å². The fourth-order valence-electron chi connectivity index (χ4n) is 1.67. The van der Waals surface area contributed by atoms with Crippen molar-refractivity contribution in [3.8, 4) is 0 Å². The quantitative estimate of drug-likeness (QED) is 0.719. The van der Waals surface area contributed by atoms with Gasteiger partial charge in [0.1, 0.15) is 0 Å². The van der Waals surface area contributed by atoms with Crippen molar-refractivity contribution in [2.24, 2.45) is 0 Å². The first-order valence-electron chi connectivity index (χ1n) is 6.89. The fraction of sp³-hybridized carbons (Fsp3) is 0.786. The lowest BCUT2D eigenvalue weighted by atomic mass is 10.2. The molecule has 0 N–H and O–H groups in total. The minimum absolute atomic E-state index is 0.136. The number of hydrogen-bond donors (Lipinski definition) is 0. The zero-order valence-electron chi connectivity index (χ0n) is 12.5. The number of morpholine rings is 1. The van der Waals surface area contributed by atoms with Gasteiger partial charge in [-0.15, -0.1) is 0 Å². The molecule has 1 heterocycles. The van der Waals surface area contributed by atoms with Crippen molar-refractivity contribution in [3.63, 3.8) is 0 Å². The van der Waals surface area contributed by atoms with Crippen molar-refractivity contribution < 1.29 is 9.53 Å². The average molecular weight is 256 g/mol. The van der Waals surface area contributed by atoms with E-state index in [0.29, 0.717) is 0 Å². The fourth-order valence-corrected chi connectivity index (χ4v) is 1.67. The lowest BCUT2D eigenvalue weighted by Crippen LogP contribution is -2.40. The van der Waals surface area contributed by atoms with E-state index in [9.17, 15) is 4.79 Å². The smallest absolute Gasteiger partial charge is 0.250 e. The molecule has 0 aromatic rings. The van der Waals surface area contributed by atoms with Gasteiger partial charge in [-0.1, -0.05) is 19.9 Å². The van der Waals surface area contributed by atoms with Crippen LogP contribution in [0.4, 0.5) is 0 Å². The summed E-state index contributed by atoms with van der Waals surface area (Å²) in [6.07, 6.45) is 1.92. The van der Waals surface area contributed by atoms with E-state index in [1.54, 1.807) is 4.90 Å². The van der Waals surface area contributed by atoms with Gasteiger partial charge < -0.3 is 9.64 Å². The third-order valence-corrected chi connectivity index (χ3v) is 2.94. The second-order valence-electron chi connectivity index (χ2n) is 4.02. The molecule has 4 heteroatoms. The molecule has 0 bridgehead atoms. The van der Waals surface area contributed by atoms with Gasteiger partial charge >= 0.3 is 0 Å². The Balaban J connectivity index is 0.00000137. The van der Waals surface area contributed by atoms with Crippen molar-refractivity contribution in [1.29, 1.82) is 0 Å². The summed E-state index contributed by atoms with van der Waals surface area (Å²) in [6, 6.07) is 0. The number of ether oxygens (including phenoxy) is 1. The molecule has 106 valence electrons. The highest BCUT2D eigenvalue weighted by molar-refractivity contribution is 5.93. The van der Waals surface area contributed by atoms with Crippen LogP contribution in [0.25, 0.3) is 0 Å². The van der Waals surface area contributed by atoms with Crippen molar-refractivity contribution in [1.82, 2.24) is 9.80 Å². The molecule has 0 saturated carbocycles. The molecule has 1 fully saturated rings. The Morgan fingerprint density at radius 1 is 1.33 bits per heavy atom. The van der Waals surface area contributed by atoms with Crippen LogP contribution >= 0.6 is 0 Å². The summed E-state index contributed by atoms with van der Waals surface area (Å²) in [5.41, 5.74) is 0.881. The maximum Gasteiger partial charge on any atom is 0.250 e. The van der Waals surface area contributed by atoms with Gasteiger partial charge in [0, 0.05) is 38.8 Å². The first-order chi connectivity index (χ1) is 8.69. The second kappa shape index (κ2) is 10.1. The van der Waals surface area contributed by atoms with Gasteiger partial charge in [-0.3, -0.25) is 9.69 Å². The van der Waals surface area contributed by atoms with Crippen molar-refractivity contribution >= 4 is 5.91 Å². The number of nitrogens with zero attached hydrogens (tertiary/aromatic N) is 2. The highest BCUT2D eigenvalue weighted by Crippen LogP contribution is 2.06. The summed E-state index contributed by atoms with van der Waals surface area (Å²) in [6.45, 7) is 12.8. The van der Waals surface area contributed by atoms with E-state index in [1.165, 1.54) is 0 Å². The van der Waals surface area contributed by atoms with E-state index in [-0.39, 0.29) is 5.91 Å². The number of likely N-dealkylation sites (N-methyl/N-ethyl adjacent to an activating group) is 1. The second-order valence-corrected chi connectivity index (χ2v) is 4.02. The van der Waals surface area contributed by atoms with Crippen LogP contribution in [0.1, 0.15) is 27.7 Å². The third kappa shape index (κ3) is 5.65. The van der Waals surface area contributed by atoms with E-state index in [1.807, 2.05) is 40.8 Å². The molecular weight excluding hydrogens is 228 g/mol. The van der Waals surface area contributed by atoms with Gasteiger partial charge in [-0.2, -0.15) is 0 Å². The molecule has 1 saturated heterocycles. The van der Waals surface area contributed by atoms with Gasteiger partial charge in [0.25, 0.3) is 0 Å². The van der Waals surface area contributed by atoms with Crippen LogP contribution < -0.4 is 0 Å². The number of carbonyl (C=O) groups is 1. The number of allylic oxidation sites excluding steroid dienone is 1. The molecule has 1 aliphatic rings. The Morgan fingerprint density at radius 3 is 2.33 bits per heavy atom. The minimum Gasteiger partial charge on any atom is -0.379 e. The summed E-state index contributed by atoms with van der Waals surface area (Å²) in [5.74, 6) is 0.136. The first kappa shape index (κ1) is 17.1. The van der Waals surface area contributed by atoms with Crippen LogP contribution in [0.5, 0.6) is 0 Å². The van der Waals surface area contributed by atoms with Gasteiger partial charge in [-0.25, -0.2) is 0 Å². The predicted molar refractivity (Wildman–Crippen MR) is 75.7 cm³/mol. The number of hydrogen-bond acceptors (Lipinski definition) is 3. The molecule has 0 aliphatic carbocycles. The predicted octanol–water partition coefficient (Wildman–Crippen LogP) is 1.77. The first-order valence-corrected chi connectivity index (χ1v) is 6.89. The van der Waals surface area contributed by atoms with E-state index < -0.39 is 0 Å². The van der Waals surface area contributed by atoms with Gasteiger partial charge in [-0.05, 0) is 13.8 Å². The molecule has 4 nitrogen and oxygen atoms in total. The summed E-state index contributed by atoms with van der Waals surface area (Å²) in [4.78, 5) is 16.0. The maximum absolute atomic E-state index is 12.0. The number of rotatable bonds is 4. The summed E-state index contributed by atoms with van der Waals surface area (Å²) < 4.78 is 5.29. The molecule has 1 aliphatic heterocycles. The molecule has 1 amide bonds. The Labute approximate surface area is 112 Å². The lowest BCUT2D eigenvalue weighted by Gasteiger charge is -2.28.